The van der Waals surface area contributed by atoms with Crippen molar-refractivity contribution in [2.24, 2.45) is 0 Å². The van der Waals surface area contributed by atoms with Gasteiger partial charge < -0.3 is 0 Å². The summed E-state index contributed by atoms with van der Waals surface area (Å²) < 4.78 is 31.6. The summed E-state index contributed by atoms with van der Waals surface area (Å²) in [5.41, 5.74) is 2.72. The lowest BCUT2D eigenvalue weighted by molar-refractivity contribution is 0.247. The van der Waals surface area contributed by atoms with Gasteiger partial charge in [0.2, 0.25) is 0 Å². The number of hydrogen-bond acceptors (Lipinski definition) is 4. The molecule has 128 valence electrons. The van der Waals surface area contributed by atoms with E-state index in [0.29, 0.717) is 0 Å². The third-order valence-electron chi connectivity index (χ3n) is 3.24. The molecule has 0 aliphatic carbocycles. The summed E-state index contributed by atoms with van der Waals surface area (Å²) >= 11 is 8.08. The standard InChI is InChI=1S/C14H14ClNS.ClH.H2O4S/c15-13-4-2-1-3-11(13)9-16-7-5-14-12(10-16)6-8-17-14;;1-5(2,3)4/h1-4,6,8H,5,7,9-10H2;1H;(H2,1,2,3,4). The van der Waals surface area contributed by atoms with E-state index in [1.54, 1.807) is 4.88 Å². The van der Waals surface area contributed by atoms with E-state index in [-0.39, 0.29) is 12.4 Å². The molecule has 0 atom stereocenters. The fourth-order valence-electron chi connectivity index (χ4n) is 2.31. The molecule has 0 radical (unpaired) electrons. The van der Waals surface area contributed by atoms with Crippen molar-refractivity contribution in [3.63, 3.8) is 0 Å². The fourth-order valence-corrected chi connectivity index (χ4v) is 3.39. The largest absolute Gasteiger partial charge is 0.394 e. The molecular weight excluding hydrogens is 381 g/mol. The molecule has 1 aromatic carbocycles. The second kappa shape index (κ2) is 8.98. The van der Waals surface area contributed by atoms with E-state index in [1.165, 1.54) is 17.5 Å². The molecule has 0 saturated carbocycles. The summed E-state index contributed by atoms with van der Waals surface area (Å²) in [6, 6.07) is 10.4. The maximum Gasteiger partial charge on any atom is 0.394 e. The Morgan fingerprint density at radius 1 is 1.22 bits per heavy atom. The molecule has 1 aliphatic heterocycles. The van der Waals surface area contributed by atoms with E-state index >= 15 is 0 Å². The zero-order valence-corrected chi connectivity index (χ0v) is 15.3. The molecule has 2 aromatic rings. The van der Waals surface area contributed by atoms with Crippen molar-refractivity contribution in [1.82, 2.24) is 4.90 Å². The van der Waals surface area contributed by atoms with Crippen LogP contribution in [0.3, 0.4) is 0 Å². The molecule has 3 rings (SSSR count). The first-order valence-corrected chi connectivity index (χ1v) is 9.19. The number of benzene rings is 1. The Bertz CT molecular complexity index is 726. The maximum absolute atomic E-state index is 8.74. The first-order valence-electron chi connectivity index (χ1n) is 6.54. The van der Waals surface area contributed by atoms with Crippen LogP contribution in [0.5, 0.6) is 0 Å². The van der Waals surface area contributed by atoms with Crippen molar-refractivity contribution < 1.29 is 17.5 Å². The fraction of sp³-hybridized carbons (Fsp3) is 0.286. The second-order valence-electron chi connectivity index (χ2n) is 4.87. The predicted octanol–water partition coefficient (Wildman–Crippen LogP) is 3.73. The van der Waals surface area contributed by atoms with Gasteiger partial charge in [0.15, 0.2) is 0 Å². The van der Waals surface area contributed by atoms with Crippen molar-refractivity contribution in [2.45, 2.75) is 19.5 Å². The molecule has 0 bridgehead atoms. The molecule has 0 spiro atoms. The van der Waals surface area contributed by atoms with E-state index in [1.807, 2.05) is 23.5 Å². The van der Waals surface area contributed by atoms with Crippen molar-refractivity contribution in [3.8, 4) is 0 Å². The minimum atomic E-state index is -4.67. The van der Waals surface area contributed by atoms with Crippen LogP contribution in [0.15, 0.2) is 35.7 Å². The molecule has 0 saturated heterocycles. The zero-order chi connectivity index (χ0) is 16.2. The summed E-state index contributed by atoms with van der Waals surface area (Å²) in [7, 11) is -4.67. The van der Waals surface area contributed by atoms with E-state index in [2.05, 4.69) is 28.5 Å². The van der Waals surface area contributed by atoms with E-state index < -0.39 is 10.4 Å². The Balaban J connectivity index is 0.000000390. The van der Waals surface area contributed by atoms with Gasteiger partial charge in [0.25, 0.3) is 0 Å². The Morgan fingerprint density at radius 2 is 1.87 bits per heavy atom. The molecule has 1 aliphatic rings. The Hall–Kier alpha value is -0.670. The van der Waals surface area contributed by atoms with Crippen LogP contribution in [0.2, 0.25) is 5.02 Å². The van der Waals surface area contributed by atoms with Crippen molar-refractivity contribution >= 4 is 45.7 Å². The van der Waals surface area contributed by atoms with E-state index in [9.17, 15) is 0 Å². The topological polar surface area (TPSA) is 77.8 Å². The summed E-state index contributed by atoms with van der Waals surface area (Å²) in [6.45, 7) is 3.15. The number of nitrogens with zero attached hydrogens (tertiary/aromatic N) is 1. The third-order valence-corrected chi connectivity index (χ3v) is 4.63. The highest BCUT2D eigenvalue weighted by Gasteiger charge is 2.17. The number of hydrogen-bond donors (Lipinski definition) is 2. The van der Waals surface area contributed by atoms with Gasteiger partial charge in [-0.2, -0.15) is 8.42 Å². The summed E-state index contributed by atoms with van der Waals surface area (Å²) in [4.78, 5) is 4.02. The van der Waals surface area contributed by atoms with Gasteiger partial charge in [-0.05, 0) is 35.1 Å². The van der Waals surface area contributed by atoms with Gasteiger partial charge in [-0.25, -0.2) is 0 Å². The van der Waals surface area contributed by atoms with Gasteiger partial charge in [-0.1, -0.05) is 29.8 Å². The lowest BCUT2D eigenvalue weighted by atomic mass is 10.1. The number of halogens is 2. The first kappa shape index (κ1) is 20.4. The van der Waals surface area contributed by atoms with Crippen LogP contribution < -0.4 is 0 Å². The van der Waals surface area contributed by atoms with Crippen molar-refractivity contribution in [3.05, 3.63) is 56.7 Å². The van der Waals surface area contributed by atoms with Crippen LogP contribution in [0.4, 0.5) is 0 Å². The normalized spacial score (nSPS) is 14.2. The zero-order valence-electron chi connectivity index (χ0n) is 12.1. The lowest BCUT2D eigenvalue weighted by Crippen LogP contribution is -2.29. The van der Waals surface area contributed by atoms with Gasteiger partial charge >= 0.3 is 10.4 Å². The van der Waals surface area contributed by atoms with Crippen LogP contribution in [-0.4, -0.2) is 29.0 Å². The number of rotatable bonds is 2. The molecule has 5 nitrogen and oxygen atoms in total. The highest BCUT2D eigenvalue weighted by Crippen LogP contribution is 2.26. The van der Waals surface area contributed by atoms with Crippen LogP contribution in [-0.2, 0) is 29.9 Å². The molecule has 2 N–H and O–H groups in total. The molecule has 23 heavy (non-hydrogen) atoms. The number of thiophene rings is 1. The van der Waals surface area contributed by atoms with E-state index in [0.717, 1.165) is 24.7 Å². The maximum atomic E-state index is 8.74. The Morgan fingerprint density at radius 3 is 2.52 bits per heavy atom. The minimum Gasteiger partial charge on any atom is -0.294 e. The van der Waals surface area contributed by atoms with Crippen LogP contribution in [0.25, 0.3) is 0 Å². The van der Waals surface area contributed by atoms with Gasteiger partial charge in [0, 0.05) is 29.5 Å². The summed E-state index contributed by atoms with van der Waals surface area (Å²) in [5.74, 6) is 0. The Kier molecular flexibility index (Phi) is 7.96. The average molecular weight is 398 g/mol. The third kappa shape index (κ3) is 7.17. The first-order chi connectivity index (χ1) is 10.3. The van der Waals surface area contributed by atoms with Crippen molar-refractivity contribution in [2.75, 3.05) is 6.54 Å². The van der Waals surface area contributed by atoms with Gasteiger partial charge in [0.05, 0.1) is 0 Å². The molecule has 0 unspecified atom stereocenters. The lowest BCUT2D eigenvalue weighted by Gasteiger charge is -2.27. The molecule has 0 amide bonds. The highest BCUT2D eigenvalue weighted by atomic mass is 35.5. The Labute approximate surface area is 150 Å². The monoisotopic (exact) mass is 397 g/mol. The minimum absolute atomic E-state index is 0. The molecule has 1 aromatic heterocycles. The highest BCUT2D eigenvalue weighted by molar-refractivity contribution is 7.79. The number of fused-ring (bicyclic) bond motifs is 1. The summed E-state index contributed by atoms with van der Waals surface area (Å²) in [6.07, 6.45) is 1.18. The summed E-state index contributed by atoms with van der Waals surface area (Å²) in [5, 5.41) is 3.08. The smallest absolute Gasteiger partial charge is 0.294 e. The van der Waals surface area contributed by atoms with E-state index in [4.69, 9.17) is 29.1 Å². The second-order valence-corrected chi connectivity index (χ2v) is 7.17. The molecule has 0 fully saturated rings. The quantitative estimate of drug-likeness (QED) is 0.754. The predicted molar refractivity (Wildman–Crippen MR) is 95.0 cm³/mol. The van der Waals surface area contributed by atoms with Gasteiger partial charge in [0.1, 0.15) is 0 Å². The molecule has 2 heterocycles. The van der Waals surface area contributed by atoms with Gasteiger partial charge in [-0.15, -0.1) is 23.7 Å². The van der Waals surface area contributed by atoms with Gasteiger partial charge in [-0.3, -0.25) is 14.0 Å². The molecular formula is C14H17Cl2NO4S2. The van der Waals surface area contributed by atoms with Crippen LogP contribution in [0.1, 0.15) is 16.0 Å². The van der Waals surface area contributed by atoms with Crippen LogP contribution >= 0.6 is 35.3 Å². The SMILES string of the molecule is Cl.Clc1ccccc1CN1CCc2sccc2C1.O=S(=O)(O)O. The molecule has 9 heteroatoms. The average Bonchev–Trinajstić information content (AvgIpc) is 2.87. The van der Waals surface area contributed by atoms with Crippen LogP contribution in [0, 0.1) is 0 Å². The van der Waals surface area contributed by atoms with Crippen molar-refractivity contribution in [1.29, 1.82) is 0 Å².